The molecule has 2 aromatic heterocycles. The second-order valence-corrected chi connectivity index (χ2v) is 13.5. The lowest BCUT2D eigenvalue weighted by atomic mass is 10.0. The van der Waals surface area contributed by atoms with Crippen molar-refractivity contribution in [1.29, 1.82) is 0 Å². The summed E-state index contributed by atoms with van der Waals surface area (Å²) in [6, 6.07) is 78.0. The minimum atomic E-state index is 1.07. The molecule has 256 valence electrons. The van der Waals surface area contributed by atoms with Crippen LogP contribution in [0.3, 0.4) is 0 Å². The van der Waals surface area contributed by atoms with Gasteiger partial charge in [-0.2, -0.15) is 0 Å². The molecule has 0 radical (unpaired) electrons. The van der Waals surface area contributed by atoms with Gasteiger partial charge in [0.15, 0.2) is 0 Å². The highest BCUT2D eigenvalue weighted by atomic mass is 15.3. The number of fused-ring (bicyclic) bond motifs is 5. The zero-order chi connectivity index (χ0) is 35.8. The van der Waals surface area contributed by atoms with E-state index in [4.69, 9.17) is 0 Å². The van der Waals surface area contributed by atoms with E-state index in [1.54, 1.807) is 0 Å². The normalized spacial score (nSPS) is 11.3. The molecule has 4 heteroatoms. The molecular formula is C50H36N4. The summed E-state index contributed by atoms with van der Waals surface area (Å²) in [6.45, 7) is 0. The van der Waals surface area contributed by atoms with Crippen molar-refractivity contribution in [3.8, 4) is 11.4 Å². The number of anilines is 6. The molecule has 0 aliphatic carbocycles. The topological polar surface area (TPSA) is 16.3 Å². The third kappa shape index (κ3) is 5.32. The molecule has 0 saturated heterocycles. The Balaban J connectivity index is 1.31. The second kappa shape index (κ2) is 13.4. The highest BCUT2D eigenvalue weighted by Gasteiger charge is 2.25. The van der Waals surface area contributed by atoms with E-state index in [2.05, 4.69) is 237 Å². The highest BCUT2D eigenvalue weighted by molar-refractivity contribution is 6.18. The first-order valence-electron chi connectivity index (χ1n) is 18.4. The van der Waals surface area contributed by atoms with Crippen LogP contribution in [0.4, 0.5) is 34.4 Å². The standard InChI is InChI=1S/C50H36N4/c1-7-19-39(20-8-1)51(40-21-9-2-10-22-40)47-35-37-31-33-46-45(49(37)53(47)43-27-15-5-16-28-43)34-32-38-36-48(54(50(38)46)44-29-17-6-18-30-44)52(41-23-11-3-12-24-41)42-25-13-4-14-26-42/h1-36H. The fraction of sp³-hybridized carbons (Fsp3) is 0. The average molecular weight is 693 g/mol. The van der Waals surface area contributed by atoms with E-state index < -0.39 is 0 Å². The van der Waals surface area contributed by atoms with Gasteiger partial charge in [-0.05, 0) is 84.9 Å². The summed E-state index contributed by atoms with van der Waals surface area (Å²) in [5, 5.41) is 4.71. The number of rotatable bonds is 8. The maximum Gasteiger partial charge on any atom is 0.123 e. The number of aromatic nitrogens is 2. The van der Waals surface area contributed by atoms with Crippen LogP contribution in [0, 0.1) is 0 Å². The zero-order valence-electron chi connectivity index (χ0n) is 29.6. The van der Waals surface area contributed by atoms with Gasteiger partial charge in [-0.25, -0.2) is 0 Å². The summed E-state index contributed by atoms with van der Waals surface area (Å²) < 4.78 is 4.86. The number of nitrogens with zero attached hydrogens (tertiary/aromatic N) is 4. The maximum absolute atomic E-state index is 2.43. The molecule has 0 amide bonds. The number of hydrogen-bond donors (Lipinski definition) is 0. The molecule has 0 aliphatic rings. The Morgan fingerprint density at radius 2 is 0.556 bits per heavy atom. The average Bonchev–Trinajstić information content (AvgIpc) is 3.82. The molecule has 10 rings (SSSR count). The smallest absolute Gasteiger partial charge is 0.123 e. The Bertz CT molecular complexity index is 2570. The van der Waals surface area contributed by atoms with Crippen molar-refractivity contribution in [1.82, 2.24) is 9.13 Å². The summed E-state index contributed by atoms with van der Waals surface area (Å²) in [7, 11) is 0. The summed E-state index contributed by atoms with van der Waals surface area (Å²) in [5.41, 5.74) is 8.92. The van der Waals surface area contributed by atoms with Gasteiger partial charge < -0.3 is 0 Å². The molecule has 0 bridgehead atoms. The summed E-state index contributed by atoms with van der Waals surface area (Å²) in [5.74, 6) is 2.14. The summed E-state index contributed by atoms with van der Waals surface area (Å²) in [4.78, 5) is 4.72. The minimum absolute atomic E-state index is 1.07. The molecule has 54 heavy (non-hydrogen) atoms. The molecule has 2 heterocycles. The molecule has 8 aromatic carbocycles. The molecule has 0 spiro atoms. The number of hydrogen-bond acceptors (Lipinski definition) is 2. The first-order chi connectivity index (χ1) is 26.8. The van der Waals surface area contributed by atoms with Crippen molar-refractivity contribution >= 4 is 67.0 Å². The molecule has 0 saturated carbocycles. The van der Waals surface area contributed by atoms with Crippen molar-refractivity contribution in [3.05, 3.63) is 218 Å². The SMILES string of the molecule is c1ccc(N(c2ccccc2)c2cc3ccc4c(ccc5cc(N(c6ccccc6)c6ccccc6)n(-c6ccccc6)c54)c3n2-c2ccccc2)cc1. The van der Waals surface area contributed by atoms with E-state index in [0.29, 0.717) is 0 Å². The Kier molecular flexibility index (Phi) is 7.77. The molecule has 0 unspecified atom stereocenters. The maximum atomic E-state index is 2.43. The molecule has 0 aliphatic heterocycles. The third-order valence-electron chi connectivity index (χ3n) is 10.2. The van der Waals surface area contributed by atoms with Crippen LogP contribution in [-0.2, 0) is 0 Å². The second-order valence-electron chi connectivity index (χ2n) is 13.5. The number of para-hydroxylation sites is 6. The van der Waals surface area contributed by atoms with Gasteiger partial charge in [0.25, 0.3) is 0 Å². The van der Waals surface area contributed by atoms with Gasteiger partial charge in [-0.3, -0.25) is 18.9 Å². The molecule has 4 nitrogen and oxygen atoms in total. The summed E-state index contributed by atoms with van der Waals surface area (Å²) >= 11 is 0. The van der Waals surface area contributed by atoms with Crippen molar-refractivity contribution in [2.45, 2.75) is 0 Å². The van der Waals surface area contributed by atoms with Crippen LogP contribution in [0.2, 0.25) is 0 Å². The lowest BCUT2D eigenvalue weighted by Crippen LogP contribution is -2.14. The van der Waals surface area contributed by atoms with Crippen LogP contribution in [-0.4, -0.2) is 9.13 Å². The molecule has 0 fully saturated rings. The zero-order valence-corrected chi connectivity index (χ0v) is 29.6. The van der Waals surface area contributed by atoms with Crippen LogP contribution in [0.25, 0.3) is 44.0 Å². The van der Waals surface area contributed by atoms with Crippen LogP contribution in [0.15, 0.2) is 218 Å². The van der Waals surface area contributed by atoms with Crippen molar-refractivity contribution in [3.63, 3.8) is 0 Å². The fourth-order valence-corrected chi connectivity index (χ4v) is 7.92. The van der Waals surface area contributed by atoms with E-state index in [9.17, 15) is 0 Å². The molecule has 0 N–H and O–H groups in total. The van der Waals surface area contributed by atoms with E-state index in [-0.39, 0.29) is 0 Å². The third-order valence-corrected chi connectivity index (χ3v) is 10.2. The van der Waals surface area contributed by atoms with Gasteiger partial charge in [0.1, 0.15) is 11.6 Å². The van der Waals surface area contributed by atoms with Gasteiger partial charge in [0, 0.05) is 55.7 Å². The Morgan fingerprint density at radius 3 is 0.852 bits per heavy atom. The van der Waals surface area contributed by atoms with Crippen molar-refractivity contribution < 1.29 is 0 Å². The van der Waals surface area contributed by atoms with Gasteiger partial charge in [0.05, 0.1) is 11.0 Å². The predicted octanol–water partition coefficient (Wildman–Crippen LogP) is 13.7. The van der Waals surface area contributed by atoms with Gasteiger partial charge in [0.2, 0.25) is 0 Å². The van der Waals surface area contributed by atoms with Crippen LogP contribution in [0.1, 0.15) is 0 Å². The first kappa shape index (κ1) is 31.4. The van der Waals surface area contributed by atoms with Crippen LogP contribution < -0.4 is 9.80 Å². The van der Waals surface area contributed by atoms with Crippen molar-refractivity contribution in [2.24, 2.45) is 0 Å². The molecular weight excluding hydrogens is 657 g/mol. The monoisotopic (exact) mass is 692 g/mol. The summed E-state index contributed by atoms with van der Waals surface area (Å²) in [6.07, 6.45) is 0. The largest absolute Gasteiger partial charge is 0.296 e. The predicted molar refractivity (Wildman–Crippen MR) is 227 cm³/mol. The van der Waals surface area contributed by atoms with Gasteiger partial charge in [-0.15, -0.1) is 0 Å². The lowest BCUT2D eigenvalue weighted by molar-refractivity contribution is 1.07. The van der Waals surface area contributed by atoms with Crippen LogP contribution in [0.5, 0.6) is 0 Å². The van der Waals surface area contributed by atoms with E-state index in [1.807, 2.05) is 0 Å². The lowest BCUT2D eigenvalue weighted by Gasteiger charge is -2.27. The minimum Gasteiger partial charge on any atom is -0.296 e. The van der Waals surface area contributed by atoms with Crippen LogP contribution >= 0.6 is 0 Å². The highest BCUT2D eigenvalue weighted by Crippen LogP contribution is 2.45. The molecule has 0 atom stereocenters. The number of benzene rings is 8. The van der Waals surface area contributed by atoms with Gasteiger partial charge in [-0.1, -0.05) is 133 Å². The quantitative estimate of drug-likeness (QED) is 0.158. The van der Waals surface area contributed by atoms with E-state index >= 15 is 0 Å². The van der Waals surface area contributed by atoms with Gasteiger partial charge >= 0.3 is 0 Å². The Hall–Kier alpha value is -7.30. The Labute approximate surface area is 314 Å². The first-order valence-corrected chi connectivity index (χ1v) is 18.4. The fourth-order valence-electron chi connectivity index (χ4n) is 7.92. The molecule has 10 aromatic rings. The van der Waals surface area contributed by atoms with E-state index in [0.717, 1.165) is 56.8 Å². The van der Waals surface area contributed by atoms with E-state index in [1.165, 1.54) is 21.5 Å². The Morgan fingerprint density at radius 1 is 0.278 bits per heavy atom. The van der Waals surface area contributed by atoms with Crippen molar-refractivity contribution in [2.75, 3.05) is 9.80 Å².